The van der Waals surface area contributed by atoms with Crippen LogP contribution in [-0.4, -0.2) is 71.1 Å². The summed E-state index contributed by atoms with van der Waals surface area (Å²) in [6, 6.07) is 52.3. The number of nitrogens with zero attached hydrogens (tertiary/aromatic N) is 6. The van der Waals surface area contributed by atoms with Gasteiger partial charge < -0.3 is 14.5 Å². The fourth-order valence-corrected chi connectivity index (χ4v) is 8.65. The van der Waals surface area contributed by atoms with E-state index in [1.54, 1.807) is 0 Å². The average molecular weight is 701 g/mol. The molecule has 2 saturated heterocycles. The molecule has 2 fully saturated rings. The number of ether oxygens (including phenoxy) is 1. The van der Waals surface area contributed by atoms with Crippen molar-refractivity contribution in [2.75, 3.05) is 49.1 Å². The minimum Gasteiger partial charge on any atom is -0.369 e. The summed E-state index contributed by atoms with van der Waals surface area (Å²) in [5, 5.41) is 0. The van der Waals surface area contributed by atoms with Gasteiger partial charge >= 0.3 is 0 Å². The number of aromatic nitrogens is 2. The fourth-order valence-electron chi connectivity index (χ4n) is 8.65. The van der Waals surface area contributed by atoms with Crippen molar-refractivity contribution in [3.05, 3.63) is 193 Å². The van der Waals surface area contributed by atoms with Gasteiger partial charge in [-0.05, 0) is 38.1 Å². The molecule has 0 aliphatic carbocycles. The number of piperazine rings is 2. The second-order valence-corrected chi connectivity index (χ2v) is 14.2. The molecule has 7 nitrogen and oxygen atoms in total. The summed E-state index contributed by atoms with van der Waals surface area (Å²) in [6.07, 6.45) is 7.55. The lowest BCUT2D eigenvalue weighted by Crippen LogP contribution is -2.67. The summed E-state index contributed by atoms with van der Waals surface area (Å²) in [4.78, 5) is 18.8. The summed E-state index contributed by atoms with van der Waals surface area (Å²) in [6.45, 7) is 9.67. The van der Waals surface area contributed by atoms with Crippen LogP contribution in [0.25, 0.3) is 0 Å². The third-order valence-electron chi connectivity index (χ3n) is 11.1. The van der Waals surface area contributed by atoms with Crippen LogP contribution in [0.1, 0.15) is 36.1 Å². The van der Waals surface area contributed by atoms with Crippen molar-refractivity contribution in [3.63, 3.8) is 0 Å². The van der Waals surface area contributed by atoms with E-state index in [1.807, 2.05) is 24.8 Å². The van der Waals surface area contributed by atoms with Crippen LogP contribution in [0.15, 0.2) is 170 Å². The first kappa shape index (κ1) is 34.7. The highest BCUT2D eigenvalue weighted by Crippen LogP contribution is 2.50. The number of pyridine rings is 2. The standard InChI is InChI=1S/C46H48N6O/c1-37-35-49(43-23-27-47-28-24-43)31-33-51(37)45(39-15-7-3-8-16-39,40-17-9-4-10-18-40)53-46(41-19-11-5-12-20-41,42-21-13-6-14-22-42)52-34-32-50(36-38(52)2)44-25-29-48-30-26-44/h3-30,37-38H,31-36H2,1-2H3. The molecule has 0 N–H and O–H groups in total. The first-order valence-electron chi connectivity index (χ1n) is 18.9. The first-order chi connectivity index (χ1) is 26.1. The van der Waals surface area contributed by atoms with Crippen LogP contribution in [0.4, 0.5) is 11.4 Å². The Balaban J connectivity index is 1.34. The molecule has 0 bridgehead atoms. The molecule has 0 amide bonds. The number of hydrogen-bond donors (Lipinski definition) is 0. The van der Waals surface area contributed by atoms with Gasteiger partial charge in [-0.15, -0.1) is 0 Å². The van der Waals surface area contributed by atoms with Gasteiger partial charge in [-0.3, -0.25) is 19.8 Å². The minimum atomic E-state index is -0.972. The highest BCUT2D eigenvalue weighted by Gasteiger charge is 2.55. The molecular formula is C46H48N6O. The third kappa shape index (κ3) is 6.61. The van der Waals surface area contributed by atoms with E-state index in [1.165, 1.54) is 11.4 Å². The van der Waals surface area contributed by atoms with Crippen LogP contribution in [0.2, 0.25) is 0 Å². The zero-order valence-electron chi connectivity index (χ0n) is 30.7. The molecular weight excluding hydrogens is 653 g/mol. The number of rotatable bonds is 10. The molecule has 2 unspecified atom stereocenters. The maximum atomic E-state index is 8.47. The summed E-state index contributed by atoms with van der Waals surface area (Å²) in [5.74, 6) is 0. The third-order valence-corrected chi connectivity index (χ3v) is 11.1. The molecule has 0 radical (unpaired) electrons. The van der Waals surface area contributed by atoms with Crippen molar-refractivity contribution in [1.29, 1.82) is 0 Å². The first-order valence-corrected chi connectivity index (χ1v) is 18.9. The predicted octanol–water partition coefficient (Wildman–Crippen LogP) is 8.02. The Bertz CT molecular complexity index is 1790. The van der Waals surface area contributed by atoms with E-state index < -0.39 is 11.4 Å². The van der Waals surface area contributed by atoms with Crippen LogP contribution in [0, 0.1) is 0 Å². The van der Waals surface area contributed by atoms with Gasteiger partial charge in [0.05, 0.1) is 0 Å². The maximum absolute atomic E-state index is 8.47. The van der Waals surface area contributed by atoms with Gasteiger partial charge in [0.15, 0.2) is 11.4 Å². The largest absolute Gasteiger partial charge is 0.369 e. The van der Waals surface area contributed by atoms with Crippen LogP contribution in [0.5, 0.6) is 0 Å². The van der Waals surface area contributed by atoms with E-state index in [9.17, 15) is 0 Å². The molecule has 7 heteroatoms. The Hall–Kier alpha value is -5.34. The maximum Gasteiger partial charge on any atom is 0.177 e. The van der Waals surface area contributed by atoms with Gasteiger partial charge in [0, 0.05) is 110 Å². The van der Waals surface area contributed by atoms with Crippen LogP contribution in [0.3, 0.4) is 0 Å². The number of hydrogen-bond acceptors (Lipinski definition) is 7. The summed E-state index contributed by atoms with van der Waals surface area (Å²) >= 11 is 0. The number of anilines is 2. The highest BCUT2D eigenvalue weighted by molar-refractivity contribution is 5.48. The molecule has 2 aromatic heterocycles. The molecule has 268 valence electrons. The van der Waals surface area contributed by atoms with Crippen molar-refractivity contribution in [3.8, 4) is 0 Å². The quantitative estimate of drug-likeness (QED) is 0.144. The minimum absolute atomic E-state index is 0.127. The normalized spacial score (nSPS) is 18.9. The highest BCUT2D eigenvalue weighted by atomic mass is 16.6. The van der Waals surface area contributed by atoms with Gasteiger partial charge in [0.1, 0.15) is 0 Å². The van der Waals surface area contributed by atoms with Gasteiger partial charge in [0.25, 0.3) is 0 Å². The molecule has 2 aliphatic rings. The van der Waals surface area contributed by atoms with Crippen molar-refractivity contribution >= 4 is 11.4 Å². The Labute approximate surface area is 314 Å². The summed E-state index contributed by atoms with van der Waals surface area (Å²) in [5.41, 5.74) is 4.87. The second-order valence-electron chi connectivity index (χ2n) is 14.2. The van der Waals surface area contributed by atoms with E-state index in [0.717, 1.165) is 61.5 Å². The lowest BCUT2D eigenvalue weighted by atomic mass is 9.85. The van der Waals surface area contributed by atoms with Crippen LogP contribution in [-0.2, 0) is 16.2 Å². The van der Waals surface area contributed by atoms with Gasteiger partial charge in [0.2, 0.25) is 0 Å². The average Bonchev–Trinajstić information content (AvgIpc) is 3.24. The summed E-state index contributed by atoms with van der Waals surface area (Å²) < 4.78 is 8.47. The van der Waals surface area contributed by atoms with E-state index >= 15 is 0 Å². The monoisotopic (exact) mass is 700 g/mol. The van der Waals surface area contributed by atoms with Crippen LogP contribution >= 0.6 is 0 Å². The van der Waals surface area contributed by atoms with Gasteiger partial charge in [-0.25, -0.2) is 0 Å². The molecule has 4 heterocycles. The van der Waals surface area contributed by atoms with Crippen LogP contribution < -0.4 is 9.80 Å². The Morgan fingerprint density at radius 1 is 0.434 bits per heavy atom. The predicted molar refractivity (Wildman–Crippen MR) is 214 cm³/mol. The molecule has 0 spiro atoms. The van der Waals surface area contributed by atoms with E-state index in [0.29, 0.717) is 0 Å². The SMILES string of the molecule is CC1CN(c2ccncc2)CCN1C(OC(c1ccccc1)(c1ccccc1)N1CCN(c2ccncc2)CC1C)(c1ccccc1)c1ccccc1. The van der Waals surface area contributed by atoms with E-state index in [2.05, 4.69) is 189 Å². The van der Waals surface area contributed by atoms with Crippen molar-refractivity contribution < 1.29 is 4.74 Å². The lowest BCUT2D eigenvalue weighted by Gasteiger charge is -2.58. The smallest absolute Gasteiger partial charge is 0.177 e. The lowest BCUT2D eigenvalue weighted by molar-refractivity contribution is -0.271. The molecule has 0 saturated carbocycles. The molecule has 8 rings (SSSR count). The second kappa shape index (κ2) is 15.3. The number of benzene rings is 4. The molecule has 2 atom stereocenters. The fraction of sp³-hybridized carbons (Fsp3) is 0.261. The Morgan fingerprint density at radius 3 is 1.02 bits per heavy atom. The topological polar surface area (TPSA) is 48.0 Å². The Morgan fingerprint density at radius 2 is 0.736 bits per heavy atom. The molecule has 2 aliphatic heterocycles. The molecule has 53 heavy (non-hydrogen) atoms. The molecule has 4 aromatic carbocycles. The van der Waals surface area contributed by atoms with Crippen molar-refractivity contribution in [1.82, 2.24) is 19.8 Å². The van der Waals surface area contributed by atoms with Gasteiger partial charge in [-0.2, -0.15) is 0 Å². The Kier molecular flexibility index (Phi) is 10.0. The van der Waals surface area contributed by atoms with Crippen molar-refractivity contribution in [2.24, 2.45) is 0 Å². The summed E-state index contributed by atoms with van der Waals surface area (Å²) in [7, 11) is 0. The molecule has 6 aromatic rings. The van der Waals surface area contributed by atoms with Gasteiger partial charge in [-0.1, -0.05) is 121 Å². The van der Waals surface area contributed by atoms with Crippen molar-refractivity contribution in [2.45, 2.75) is 37.4 Å². The zero-order chi connectivity index (χ0) is 36.1. The van der Waals surface area contributed by atoms with E-state index in [4.69, 9.17) is 4.74 Å². The van der Waals surface area contributed by atoms with E-state index in [-0.39, 0.29) is 12.1 Å². The zero-order valence-corrected chi connectivity index (χ0v) is 30.7.